The number of nitrogens with zero attached hydrogens (tertiary/aromatic N) is 7. The number of pyridine rings is 2. The molecule has 6 aromatic heterocycles. The zero-order chi connectivity index (χ0) is 54.3. The van der Waals surface area contributed by atoms with Gasteiger partial charge in [-0.15, -0.1) is 22.7 Å². The molecule has 14 nitrogen and oxygen atoms in total. The number of methoxy groups -OCH3 is 2. The van der Waals surface area contributed by atoms with E-state index in [2.05, 4.69) is 87.2 Å². The molecule has 0 amide bonds. The largest absolute Gasteiger partial charge is 0.495 e. The third-order valence-corrected chi connectivity index (χ3v) is 15.7. The molecule has 0 spiro atoms. The maximum absolute atomic E-state index is 12.9. The van der Waals surface area contributed by atoms with Crippen LogP contribution < -0.4 is 25.4 Å². The van der Waals surface area contributed by atoms with E-state index >= 15 is 0 Å². The van der Waals surface area contributed by atoms with Crippen LogP contribution in [0, 0.1) is 0 Å². The van der Waals surface area contributed by atoms with Gasteiger partial charge in [0, 0.05) is 70.5 Å². The number of anilines is 2. The van der Waals surface area contributed by atoms with Gasteiger partial charge in [-0.05, 0) is 92.1 Å². The summed E-state index contributed by atoms with van der Waals surface area (Å²) < 4.78 is 87.8. The molecular formula is C55H58F6N10O4S2. The van der Waals surface area contributed by atoms with Crippen molar-refractivity contribution >= 4 is 54.7 Å². The van der Waals surface area contributed by atoms with Crippen molar-refractivity contribution in [3.05, 3.63) is 131 Å². The molecule has 0 bridgehead atoms. The van der Waals surface area contributed by atoms with Crippen LogP contribution in [0.1, 0.15) is 59.4 Å². The zero-order valence-electron chi connectivity index (χ0n) is 42.4. The summed E-state index contributed by atoms with van der Waals surface area (Å²) in [6, 6.07) is 23.5. The van der Waals surface area contributed by atoms with Crippen molar-refractivity contribution in [1.82, 2.24) is 40.1 Å². The Morgan fingerprint density at radius 1 is 0.571 bits per heavy atom. The first-order valence-corrected chi connectivity index (χ1v) is 26.7. The van der Waals surface area contributed by atoms with Gasteiger partial charge in [0.1, 0.15) is 45.5 Å². The van der Waals surface area contributed by atoms with E-state index in [9.17, 15) is 36.6 Å². The lowest BCUT2D eigenvalue weighted by atomic mass is 9.87. The third-order valence-electron chi connectivity index (χ3n) is 13.7. The molecule has 0 unspecified atom stereocenters. The Labute approximate surface area is 449 Å². The van der Waals surface area contributed by atoms with Crippen LogP contribution in [0.25, 0.3) is 42.7 Å². The molecule has 10 rings (SSSR count). The van der Waals surface area contributed by atoms with Crippen LogP contribution >= 0.6 is 22.7 Å². The molecule has 8 aromatic rings. The highest BCUT2D eigenvalue weighted by atomic mass is 32.1. The van der Waals surface area contributed by atoms with Crippen LogP contribution in [0.3, 0.4) is 0 Å². The van der Waals surface area contributed by atoms with Crippen molar-refractivity contribution in [2.45, 2.75) is 113 Å². The lowest BCUT2D eigenvalue weighted by molar-refractivity contribution is -0.127. The topological polar surface area (TPSA) is 176 Å². The van der Waals surface area contributed by atoms with Gasteiger partial charge in [0.25, 0.3) is 0 Å². The van der Waals surface area contributed by atoms with E-state index in [1.165, 1.54) is 24.8 Å². The second-order valence-electron chi connectivity index (χ2n) is 19.6. The third kappa shape index (κ3) is 15.1. The number of alkyl halides is 6. The van der Waals surface area contributed by atoms with E-state index in [1.54, 1.807) is 39.0 Å². The zero-order valence-corrected chi connectivity index (χ0v) is 44.0. The van der Waals surface area contributed by atoms with E-state index in [4.69, 9.17) is 9.47 Å². The predicted octanol–water partition coefficient (Wildman–Crippen LogP) is 11.0. The van der Waals surface area contributed by atoms with Crippen molar-refractivity contribution in [2.24, 2.45) is 0 Å². The number of hydrogen-bond acceptors (Lipinski definition) is 16. The average Bonchev–Trinajstić information content (AvgIpc) is 4.02. The number of rotatable bonds is 16. The Hall–Kier alpha value is -6.56. The SMILES string of the molecule is COc1cncc(-c2ccc(CN(C)[C@@H]3C[C@H](O)C[C@H](Nc4ncnc5sc(CC(F)(F)F)cc45)C3)cc2)c1.COc1cncc(-c2ccc(CN[C@@H]3C[C@H](O)C[C@H](Nc4ncnc5sc(CC(F)(F)F)cc45)C3)cc2)c1. The van der Waals surface area contributed by atoms with Crippen LogP contribution in [0.5, 0.6) is 11.5 Å². The molecule has 77 heavy (non-hydrogen) atoms. The highest BCUT2D eigenvalue weighted by Gasteiger charge is 2.33. The normalized spacial score (nSPS) is 19.9. The van der Waals surface area contributed by atoms with Crippen molar-refractivity contribution in [1.29, 1.82) is 0 Å². The van der Waals surface area contributed by atoms with Crippen molar-refractivity contribution in [3.8, 4) is 33.8 Å². The molecule has 2 aliphatic carbocycles. The molecule has 6 heterocycles. The maximum Gasteiger partial charge on any atom is 0.393 e. The summed E-state index contributed by atoms with van der Waals surface area (Å²) in [5, 5.41) is 32.6. The van der Waals surface area contributed by atoms with Crippen LogP contribution in [0.4, 0.5) is 38.0 Å². The summed E-state index contributed by atoms with van der Waals surface area (Å²) >= 11 is 2.06. The molecule has 22 heteroatoms. The fourth-order valence-corrected chi connectivity index (χ4v) is 12.0. The highest BCUT2D eigenvalue weighted by Crippen LogP contribution is 2.36. The summed E-state index contributed by atoms with van der Waals surface area (Å²) in [7, 11) is 5.28. The summed E-state index contributed by atoms with van der Waals surface area (Å²) in [5.41, 5.74) is 6.31. The molecule has 5 N–H and O–H groups in total. The van der Waals surface area contributed by atoms with Crippen LogP contribution in [0.2, 0.25) is 0 Å². The Morgan fingerprint density at radius 2 is 1.04 bits per heavy atom. The molecule has 0 saturated heterocycles. The van der Waals surface area contributed by atoms with Gasteiger partial charge in [0.15, 0.2) is 0 Å². The number of thiophene rings is 2. The van der Waals surface area contributed by atoms with Crippen molar-refractivity contribution in [3.63, 3.8) is 0 Å². The molecule has 2 aliphatic rings. The van der Waals surface area contributed by atoms with Crippen molar-refractivity contribution < 1.29 is 46.0 Å². The molecule has 2 aromatic carbocycles. The molecule has 6 atom stereocenters. The second kappa shape index (κ2) is 24.4. The number of fused-ring (bicyclic) bond motifs is 2. The summed E-state index contributed by atoms with van der Waals surface area (Å²) in [6.45, 7) is 1.35. The number of nitrogens with one attached hydrogen (secondary N) is 3. The van der Waals surface area contributed by atoms with Crippen LogP contribution in [-0.2, 0) is 25.9 Å². The number of aliphatic hydroxyl groups is 2. The number of halogens is 6. The Morgan fingerprint density at radius 3 is 1.53 bits per heavy atom. The summed E-state index contributed by atoms with van der Waals surface area (Å²) in [4.78, 5) is 29.0. The Balaban J connectivity index is 0.000000188. The number of aliphatic hydroxyl groups excluding tert-OH is 2. The van der Waals surface area contributed by atoms with Crippen LogP contribution in [-0.4, -0.2) is 115 Å². The van der Waals surface area contributed by atoms with Gasteiger partial charge >= 0.3 is 12.4 Å². The highest BCUT2D eigenvalue weighted by molar-refractivity contribution is 7.19. The summed E-state index contributed by atoms with van der Waals surface area (Å²) in [6.07, 6.45) is 2.01. The molecule has 0 radical (unpaired) electrons. The monoisotopic (exact) mass is 1100 g/mol. The van der Waals surface area contributed by atoms with E-state index < -0.39 is 37.4 Å². The van der Waals surface area contributed by atoms with Gasteiger partial charge in [-0.2, -0.15) is 26.3 Å². The molecule has 406 valence electrons. The lowest BCUT2D eigenvalue weighted by Gasteiger charge is -2.38. The number of benzene rings is 2. The fraction of sp³-hybridized carbons (Fsp3) is 0.382. The minimum Gasteiger partial charge on any atom is -0.495 e. The van der Waals surface area contributed by atoms with Gasteiger partial charge in [0.2, 0.25) is 0 Å². The molecule has 2 saturated carbocycles. The predicted molar refractivity (Wildman–Crippen MR) is 287 cm³/mol. The Kier molecular flexibility index (Phi) is 17.5. The van der Waals surface area contributed by atoms with E-state index in [1.807, 2.05) is 31.3 Å². The fourth-order valence-electron chi connectivity index (χ4n) is 9.98. The van der Waals surface area contributed by atoms with Gasteiger partial charge in [0.05, 0.1) is 62.4 Å². The second-order valence-corrected chi connectivity index (χ2v) is 21.8. The summed E-state index contributed by atoms with van der Waals surface area (Å²) in [5.74, 6) is 2.42. The molecule has 0 aliphatic heterocycles. The van der Waals surface area contributed by atoms with E-state index in [0.29, 0.717) is 82.3 Å². The Bertz CT molecular complexity index is 3220. The number of hydrogen-bond donors (Lipinski definition) is 5. The quantitative estimate of drug-likeness (QED) is 0.0578. The average molecular weight is 1100 g/mol. The standard InChI is InChI=1S/C28H30F3N5O2S.C27H28F3N5O2S/c1-36(15-17-3-5-18(6-4-17)19-7-23(38-2)14-32-13-19)21-8-20(9-22(37)10-21)35-26-25-11-24(12-28(29,30)31)39-27(25)34-16-33-26;1-37-22-6-18(13-31-14-22)17-4-2-16(3-5-17)12-32-19-7-20(9-21(36)8-19)35-25-24-10-23(11-27(28,29)30)38-26(24)34-15-33-25/h3-7,11,13-14,16,20-22,37H,8-10,12,15H2,1-2H3,(H,33,34,35);2-6,10,13-15,19-21,32,36H,7-9,11-12H2,1H3,(H,33,34,35)/t20-,21+,22-;19-,20+,21-/m10/s1. The molecular weight excluding hydrogens is 1040 g/mol. The number of ether oxygens (including phenoxy) is 2. The maximum atomic E-state index is 12.9. The van der Waals surface area contributed by atoms with Gasteiger partial charge in [-0.1, -0.05) is 48.5 Å². The first-order chi connectivity index (χ1) is 36.9. The van der Waals surface area contributed by atoms with E-state index in [-0.39, 0.29) is 33.9 Å². The first-order valence-electron chi connectivity index (χ1n) is 25.0. The molecule has 2 fully saturated rings. The first kappa shape index (κ1) is 55.2. The van der Waals surface area contributed by atoms with Crippen LogP contribution in [0.15, 0.2) is 110 Å². The van der Waals surface area contributed by atoms with Gasteiger partial charge in [-0.3, -0.25) is 14.9 Å². The minimum absolute atomic E-state index is 0.0686. The van der Waals surface area contributed by atoms with Gasteiger partial charge in [-0.25, -0.2) is 19.9 Å². The smallest absolute Gasteiger partial charge is 0.393 e. The van der Waals surface area contributed by atoms with E-state index in [0.717, 1.165) is 68.9 Å². The lowest BCUT2D eigenvalue weighted by Crippen LogP contribution is -2.44. The number of aromatic nitrogens is 6. The minimum atomic E-state index is -4.28. The van der Waals surface area contributed by atoms with Crippen molar-refractivity contribution in [2.75, 3.05) is 31.9 Å². The van der Waals surface area contributed by atoms with Gasteiger partial charge < -0.3 is 35.6 Å².